The van der Waals surface area contributed by atoms with E-state index in [1.54, 1.807) is 13.2 Å². The van der Waals surface area contributed by atoms with Crippen LogP contribution >= 0.6 is 0 Å². The molecule has 2 aromatic carbocycles. The molecule has 2 aromatic rings. The van der Waals surface area contributed by atoms with Gasteiger partial charge in [-0.05, 0) is 48.7 Å². The van der Waals surface area contributed by atoms with Crippen LogP contribution in [0.25, 0.3) is 0 Å². The fraction of sp³-hybridized carbons (Fsp3) is 0.333. The second kappa shape index (κ2) is 7.23. The van der Waals surface area contributed by atoms with Crippen molar-refractivity contribution in [3.05, 3.63) is 64.5 Å². The molecule has 0 bridgehead atoms. The van der Waals surface area contributed by atoms with Crippen molar-refractivity contribution in [2.75, 3.05) is 13.7 Å². The van der Waals surface area contributed by atoms with Crippen molar-refractivity contribution in [3.63, 3.8) is 0 Å². The van der Waals surface area contributed by atoms with E-state index in [1.807, 2.05) is 12.1 Å². The molecule has 3 heteroatoms. The minimum absolute atomic E-state index is 0.109. The number of halogens is 1. The van der Waals surface area contributed by atoms with Gasteiger partial charge in [0.1, 0.15) is 18.1 Å². The van der Waals surface area contributed by atoms with Crippen molar-refractivity contribution in [3.8, 4) is 5.75 Å². The topological polar surface area (TPSA) is 25.8 Å². The van der Waals surface area contributed by atoms with Crippen LogP contribution in [0.1, 0.15) is 22.3 Å². The first-order chi connectivity index (χ1) is 10.1. The van der Waals surface area contributed by atoms with Crippen molar-refractivity contribution < 1.29 is 14.4 Å². The molecule has 0 aliphatic heterocycles. The molecule has 0 heterocycles. The largest absolute Gasteiger partial charge is 0.496 e. The highest BCUT2D eigenvalue weighted by Crippen LogP contribution is 2.21. The van der Waals surface area contributed by atoms with Gasteiger partial charge in [-0.2, -0.15) is 0 Å². The average molecular weight is 288 g/mol. The van der Waals surface area contributed by atoms with E-state index < -0.39 is 0 Å². The fourth-order valence-electron chi connectivity index (χ4n) is 2.51. The Kier molecular flexibility index (Phi) is 5.34. The molecular formula is C18H23FNO+. The van der Waals surface area contributed by atoms with E-state index in [1.165, 1.54) is 17.2 Å². The normalized spacial score (nSPS) is 10.7. The van der Waals surface area contributed by atoms with Crippen molar-refractivity contribution >= 4 is 0 Å². The second-order valence-electron chi connectivity index (χ2n) is 5.37. The molecule has 0 saturated carbocycles. The van der Waals surface area contributed by atoms with E-state index in [2.05, 4.69) is 31.3 Å². The maximum Gasteiger partial charge on any atom is 0.126 e. The van der Waals surface area contributed by atoms with E-state index in [0.29, 0.717) is 0 Å². The highest BCUT2D eigenvalue weighted by Gasteiger charge is 2.07. The first-order valence-electron chi connectivity index (χ1n) is 7.31. The zero-order valence-electron chi connectivity index (χ0n) is 12.9. The van der Waals surface area contributed by atoms with E-state index >= 15 is 0 Å². The van der Waals surface area contributed by atoms with Crippen LogP contribution in [-0.2, 0) is 13.0 Å². The molecule has 2 nitrogen and oxygen atoms in total. The lowest BCUT2D eigenvalue weighted by Gasteiger charge is -2.10. The summed E-state index contributed by atoms with van der Waals surface area (Å²) in [5.74, 6) is 0.824. The van der Waals surface area contributed by atoms with Gasteiger partial charge >= 0.3 is 0 Å². The van der Waals surface area contributed by atoms with Crippen LogP contribution in [0.3, 0.4) is 0 Å². The third-order valence-corrected chi connectivity index (χ3v) is 3.79. The first-order valence-corrected chi connectivity index (χ1v) is 7.31. The smallest absolute Gasteiger partial charge is 0.126 e. The quantitative estimate of drug-likeness (QED) is 0.813. The molecule has 0 spiro atoms. The van der Waals surface area contributed by atoms with Crippen LogP contribution in [0, 0.1) is 19.7 Å². The Labute approximate surface area is 126 Å². The molecule has 2 rings (SSSR count). The molecule has 0 aliphatic rings. The Bertz CT molecular complexity index is 610. The van der Waals surface area contributed by atoms with E-state index in [-0.39, 0.29) is 5.82 Å². The molecule has 21 heavy (non-hydrogen) atoms. The van der Waals surface area contributed by atoms with Crippen molar-refractivity contribution in [2.45, 2.75) is 26.8 Å². The summed E-state index contributed by atoms with van der Waals surface area (Å²) in [6, 6.07) is 11.2. The summed E-state index contributed by atoms with van der Waals surface area (Å²) in [7, 11) is 1.70. The first kappa shape index (κ1) is 15.5. The van der Waals surface area contributed by atoms with Crippen molar-refractivity contribution in [1.29, 1.82) is 0 Å². The van der Waals surface area contributed by atoms with Gasteiger partial charge in [0, 0.05) is 12.0 Å². The van der Waals surface area contributed by atoms with Gasteiger partial charge in [-0.15, -0.1) is 0 Å². The number of methoxy groups -OCH3 is 1. The molecule has 0 unspecified atom stereocenters. The summed E-state index contributed by atoms with van der Waals surface area (Å²) in [5, 5.41) is 2.22. The Morgan fingerprint density at radius 3 is 2.52 bits per heavy atom. The lowest BCUT2D eigenvalue weighted by atomic mass is 10.0. The van der Waals surface area contributed by atoms with Gasteiger partial charge in [-0.3, -0.25) is 0 Å². The van der Waals surface area contributed by atoms with Gasteiger partial charge < -0.3 is 10.1 Å². The van der Waals surface area contributed by atoms with Crippen LogP contribution < -0.4 is 10.1 Å². The van der Waals surface area contributed by atoms with Gasteiger partial charge in [0.2, 0.25) is 0 Å². The molecule has 0 saturated heterocycles. The molecule has 0 atom stereocenters. The Morgan fingerprint density at radius 2 is 1.81 bits per heavy atom. The van der Waals surface area contributed by atoms with Crippen LogP contribution in [0.15, 0.2) is 36.4 Å². The number of rotatable bonds is 6. The second-order valence-corrected chi connectivity index (χ2v) is 5.37. The number of ether oxygens (including phenoxy) is 1. The summed E-state index contributed by atoms with van der Waals surface area (Å²) < 4.78 is 18.8. The molecule has 0 amide bonds. The van der Waals surface area contributed by atoms with Crippen LogP contribution in [0.4, 0.5) is 4.39 Å². The molecule has 0 aromatic heterocycles. The monoisotopic (exact) mass is 288 g/mol. The van der Waals surface area contributed by atoms with Crippen molar-refractivity contribution in [1.82, 2.24) is 0 Å². The Morgan fingerprint density at radius 1 is 1.05 bits per heavy atom. The van der Waals surface area contributed by atoms with Gasteiger partial charge in [-0.25, -0.2) is 4.39 Å². The van der Waals surface area contributed by atoms with Gasteiger partial charge in [0.05, 0.1) is 13.7 Å². The lowest BCUT2D eigenvalue weighted by Crippen LogP contribution is -2.83. The standard InChI is InChI=1S/C18H22FNO/c1-13-11-18(21-3)14(2)10-16(13)12-20-9-8-15-6-4-5-7-17(15)19/h4-7,10-11,20H,8-9,12H2,1-3H3/p+1. The third kappa shape index (κ3) is 4.05. The van der Waals surface area contributed by atoms with Gasteiger partial charge in [-0.1, -0.05) is 18.2 Å². The van der Waals surface area contributed by atoms with Crippen molar-refractivity contribution in [2.24, 2.45) is 0 Å². The highest BCUT2D eigenvalue weighted by atomic mass is 19.1. The highest BCUT2D eigenvalue weighted by molar-refractivity contribution is 5.41. The number of quaternary nitrogens is 1. The minimum atomic E-state index is -0.109. The van der Waals surface area contributed by atoms with E-state index in [9.17, 15) is 4.39 Å². The molecule has 112 valence electrons. The predicted molar refractivity (Wildman–Crippen MR) is 83.1 cm³/mol. The predicted octanol–water partition coefficient (Wildman–Crippen LogP) is 2.76. The fourth-order valence-corrected chi connectivity index (χ4v) is 2.51. The van der Waals surface area contributed by atoms with E-state index in [0.717, 1.165) is 36.4 Å². The Hall–Kier alpha value is -1.87. The third-order valence-electron chi connectivity index (χ3n) is 3.79. The number of nitrogens with two attached hydrogens (primary N) is 1. The number of aryl methyl sites for hydroxylation is 2. The maximum atomic E-state index is 13.5. The average Bonchev–Trinajstić information content (AvgIpc) is 2.48. The zero-order chi connectivity index (χ0) is 15.2. The maximum absolute atomic E-state index is 13.5. The zero-order valence-corrected chi connectivity index (χ0v) is 12.9. The van der Waals surface area contributed by atoms with Crippen LogP contribution in [0.2, 0.25) is 0 Å². The molecular weight excluding hydrogens is 265 g/mol. The number of benzene rings is 2. The molecule has 2 N–H and O–H groups in total. The van der Waals surface area contributed by atoms with Crippen LogP contribution in [0.5, 0.6) is 5.75 Å². The van der Waals surface area contributed by atoms with E-state index in [4.69, 9.17) is 4.74 Å². The minimum Gasteiger partial charge on any atom is -0.496 e. The summed E-state index contributed by atoms with van der Waals surface area (Å²) in [4.78, 5) is 0. The van der Waals surface area contributed by atoms with Crippen LogP contribution in [-0.4, -0.2) is 13.7 Å². The molecule has 0 radical (unpaired) electrons. The van der Waals surface area contributed by atoms with Gasteiger partial charge in [0.25, 0.3) is 0 Å². The summed E-state index contributed by atoms with van der Waals surface area (Å²) in [6.07, 6.45) is 0.751. The lowest BCUT2D eigenvalue weighted by molar-refractivity contribution is -0.670. The number of hydrogen-bond donors (Lipinski definition) is 1. The number of hydrogen-bond acceptors (Lipinski definition) is 1. The summed E-state index contributed by atoms with van der Waals surface area (Å²) >= 11 is 0. The Balaban J connectivity index is 1.89. The van der Waals surface area contributed by atoms with Gasteiger partial charge in [0.15, 0.2) is 0 Å². The molecule has 0 fully saturated rings. The summed E-state index contributed by atoms with van der Waals surface area (Å²) in [6.45, 7) is 5.94. The SMILES string of the molecule is COc1cc(C)c(C[NH2+]CCc2ccccc2F)cc1C. The molecule has 0 aliphatic carbocycles. The summed E-state index contributed by atoms with van der Waals surface area (Å²) in [5.41, 5.74) is 4.48.